The molecule has 28 heavy (non-hydrogen) atoms. The lowest BCUT2D eigenvalue weighted by molar-refractivity contribution is 0.0270. The zero-order valence-corrected chi connectivity index (χ0v) is 17.1. The lowest BCUT2D eigenvalue weighted by atomic mass is 10.0. The van der Waals surface area contributed by atoms with Crippen LogP contribution in [0.5, 0.6) is 5.88 Å². The van der Waals surface area contributed by atoms with E-state index >= 15 is 0 Å². The van der Waals surface area contributed by atoms with Crippen LogP contribution in [-0.2, 0) is 11.3 Å². The predicted octanol–water partition coefficient (Wildman–Crippen LogP) is 4.73. The Bertz CT molecular complexity index is 860. The van der Waals surface area contributed by atoms with Gasteiger partial charge in [0.15, 0.2) is 0 Å². The molecule has 1 amide bonds. The van der Waals surface area contributed by atoms with Crippen molar-refractivity contribution in [3.05, 3.63) is 59.0 Å². The Balaban J connectivity index is 1.61. The van der Waals surface area contributed by atoms with Crippen molar-refractivity contribution in [3.63, 3.8) is 0 Å². The number of pyridine rings is 2. The van der Waals surface area contributed by atoms with Gasteiger partial charge in [-0.3, -0.25) is 4.98 Å². The first-order valence-electron chi connectivity index (χ1n) is 9.18. The fraction of sp³-hybridized carbons (Fsp3) is 0.381. The van der Waals surface area contributed by atoms with Crippen molar-refractivity contribution in [3.8, 4) is 5.88 Å². The third-order valence-electron chi connectivity index (χ3n) is 4.07. The highest BCUT2D eigenvalue weighted by atomic mass is 35.5. The number of ether oxygens (including phenoxy) is 2. The highest BCUT2D eigenvalue weighted by Crippen LogP contribution is 2.24. The normalized spacial score (nSPS) is 14.4. The van der Waals surface area contributed by atoms with E-state index in [1.165, 1.54) is 0 Å². The standard InChI is InChI=1S/C21H24ClN3O3/c1-21(2,3)28-20(26)25-11-9-15(10-12-25)18-5-4-6-19(24-18)27-14-17-8-7-16(22)13-23-17/h4-9,13H,10-12,14H2,1-3H3. The molecule has 0 spiro atoms. The maximum atomic E-state index is 12.2. The minimum absolute atomic E-state index is 0.289. The lowest BCUT2D eigenvalue weighted by Crippen LogP contribution is -2.39. The first-order chi connectivity index (χ1) is 13.3. The zero-order chi connectivity index (χ0) is 20.1. The van der Waals surface area contributed by atoms with E-state index in [1.807, 2.05) is 51.1 Å². The first-order valence-corrected chi connectivity index (χ1v) is 9.55. The van der Waals surface area contributed by atoms with Crippen LogP contribution < -0.4 is 4.74 Å². The molecule has 3 rings (SSSR count). The second kappa shape index (κ2) is 8.61. The molecule has 0 radical (unpaired) electrons. The largest absolute Gasteiger partial charge is 0.471 e. The molecule has 0 unspecified atom stereocenters. The summed E-state index contributed by atoms with van der Waals surface area (Å²) in [6.07, 6.45) is 4.03. The van der Waals surface area contributed by atoms with E-state index in [0.29, 0.717) is 37.0 Å². The summed E-state index contributed by atoms with van der Waals surface area (Å²) in [5.74, 6) is 0.532. The van der Waals surface area contributed by atoms with Gasteiger partial charge in [0.05, 0.1) is 16.4 Å². The van der Waals surface area contributed by atoms with E-state index < -0.39 is 5.60 Å². The molecule has 7 heteroatoms. The van der Waals surface area contributed by atoms with Crippen molar-refractivity contribution in [1.29, 1.82) is 0 Å². The topological polar surface area (TPSA) is 64.5 Å². The minimum atomic E-state index is -0.493. The number of hydrogen-bond donors (Lipinski definition) is 0. The second-order valence-corrected chi connectivity index (χ2v) is 7.96. The Kier molecular flexibility index (Phi) is 6.19. The first kappa shape index (κ1) is 20.1. The smallest absolute Gasteiger partial charge is 0.410 e. The number of hydrogen-bond acceptors (Lipinski definition) is 5. The van der Waals surface area contributed by atoms with Crippen LogP contribution in [0, 0.1) is 0 Å². The molecule has 0 N–H and O–H groups in total. The van der Waals surface area contributed by atoms with Gasteiger partial charge in [0.1, 0.15) is 12.2 Å². The molecule has 0 aromatic carbocycles. The fourth-order valence-electron chi connectivity index (χ4n) is 2.71. The molecule has 1 aliphatic heterocycles. The lowest BCUT2D eigenvalue weighted by Gasteiger charge is -2.29. The molecule has 0 saturated carbocycles. The van der Waals surface area contributed by atoms with E-state index in [4.69, 9.17) is 21.1 Å². The van der Waals surface area contributed by atoms with Crippen LogP contribution in [0.3, 0.4) is 0 Å². The van der Waals surface area contributed by atoms with Gasteiger partial charge < -0.3 is 14.4 Å². The van der Waals surface area contributed by atoms with Crippen LogP contribution >= 0.6 is 11.6 Å². The number of rotatable bonds is 4. The highest BCUT2D eigenvalue weighted by Gasteiger charge is 2.24. The number of carbonyl (C=O) groups is 1. The molecule has 0 aliphatic carbocycles. The molecule has 0 fully saturated rings. The van der Waals surface area contributed by atoms with Gasteiger partial charge in [-0.1, -0.05) is 23.7 Å². The van der Waals surface area contributed by atoms with Gasteiger partial charge in [0.2, 0.25) is 5.88 Å². The SMILES string of the molecule is CC(C)(C)OC(=O)N1CC=C(c2cccc(OCc3ccc(Cl)cn3)n2)CC1. The van der Waals surface area contributed by atoms with Crippen LogP contribution in [-0.4, -0.2) is 39.7 Å². The van der Waals surface area contributed by atoms with Crippen molar-refractivity contribution in [2.24, 2.45) is 0 Å². The average Bonchev–Trinajstić information content (AvgIpc) is 2.67. The minimum Gasteiger partial charge on any atom is -0.471 e. The highest BCUT2D eigenvalue weighted by molar-refractivity contribution is 6.30. The summed E-state index contributed by atoms with van der Waals surface area (Å²) in [5, 5.41) is 0.591. The Morgan fingerprint density at radius 2 is 2.07 bits per heavy atom. The van der Waals surface area contributed by atoms with Crippen LogP contribution in [0.4, 0.5) is 4.79 Å². The van der Waals surface area contributed by atoms with Crippen molar-refractivity contribution >= 4 is 23.3 Å². The maximum Gasteiger partial charge on any atom is 0.410 e. The summed E-state index contributed by atoms with van der Waals surface area (Å²) in [6, 6.07) is 9.27. The van der Waals surface area contributed by atoms with E-state index in [1.54, 1.807) is 17.2 Å². The molecular weight excluding hydrogens is 378 g/mol. The molecule has 6 nitrogen and oxygen atoms in total. The third-order valence-corrected chi connectivity index (χ3v) is 4.29. The van der Waals surface area contributed by atoms with E-state index in [0.717, 1.165) is 17.0 Å². The van der Waals surface area contributed by atoms with Gasteiger partial charge in [0.25, 0.3) is 0 Å². The van der Waals surface area contributed by atoms with Gasteiger partial charge >= 0.3 is 6.09 Å². The van der Waals surface area contributed by atoms with Crippen LogP contribution in [0.1, 0.15) is 38.6 Å². The third kappa shape index (κ3) is 5.70. The van der Waals surface area contributed by atoms with Crippen LogP contribution in [0.15, 0.2) is 42.6 Å². The fourth-order valence-corrected chi connectivity index (χ4v) is 2.82. The van der Waals surface area contributed by atoms with Gasteiger partial charge in [0, 0.05) is 25.4 Å². The van der Waals surface area contributed by atoms with Gasteiger partial charge in [-0.25, -0.2) is 9.78 Å². The summed E-state index contributed by atoms with van der Waals surface area (Å²) in [7, 11) is 0. The quantitative estimate of drug-likeness (QED) is 0.740. The molecule has 1 aliphatic rings. The number of carbonyl (C=O) groups excluding carboxylic acids is 1. The summed E-state index contributed by atoms with van der Waals surface area (Å²) in [6.45, 7) is 7.02. The number of nitrogens with zero attached hydrogens (tertiary/aromatic N) is 3. The van der Waals surface area contributed by atoms with E-state index in [9.17, 15) is 4.79 Å². The van der Waals surface area contributed by atoms with E-state index in [-0.39, 0.29) is 6.09 Å². The Hall–Kier alpha value is -2.60. The van der Waals surface area contributed by atoms with E-state index in [2.05, 4.69) is 9.97 Å². The van der Waals surface area contributed by atoms with Gasteiger partial charge in [-0.05, 0) is 51.0 Å². The molecule has 0 saturated heterocycles. The second-order valence-electron chi connectivity index (χ2n) is 7.52. The average molecular weight is 402 g/mol. The Labute approximate surface area is 170 Å². The van der Waals surface area contributed by atoms with Crippen molar-refractivity contribution < 1.29 is 14.3 Å². The Morgan fingerprint density at radius 1 is 1.25 bits per heavy atom. The molecule has 2 aromatic heterocycles. The summed E-state index contributed by atoms with van der Waals surface area (Å²) in [4.78, 5) is 22.7. The molecular formula is C21H24ClN3O3. The molecule has 148 valence electrons. The van der Waals surface area contributed by atoms with Crippen molar-refractivity contribution in [2.75, 3.05) is 13.1 Å². The number of amides is 1. The predicted molar refractivity (Wildman–Crippen MR) is 108 cm³/mol. The summed E-state index contributed by atoms with van der Waals surface area (Å²) in [5.41, 5.74) is 2.23. The monoisotopic (exact) mass is 401 g/mol. The molecule has 0 atom stereocenters. The molecule has 3 heterocycles. The zero-order valence-electron chi connectivity index (χ0n) is 16.3. The summed E-state index contributed by atoms with van der Waals surface area (Å²) < 4.78 is 11.2. The van der Waals surface area contributed by atoms with Crippen LogP contribution in [0.2, 0.25) is 5.02 Å². The van der Waals surface area contributed by atoms with Gasteiger partial charge in [-0.2, -0.15) is 0 Å². The van der Waals surface area contributed by atoms with Crippen molar-refractivity contribution in [2.45, 2.75) is 39.4 Å². The number of aromatic nitrogens is 2. The molecule has 0 bridgehead atoms. The summed E-state index contributed by atoms with van der Waals surface area (Å²) >= 11 is 5.84. The maximum absolute atomic E-state index is 12.2. The Morgan fingerprint density at radius 3 is 2.71 bits per heavy atom. The van der Waals surface area contributed by atoms with Crippen LogP contribution in [0.25, 0.3) is 5.57 Å². The number of halogens is 1. The molecule has 2 aromatic rings. The van der Waals surface area contributed by atoms with Gasteiger partial charge in [-0.15, -0.1) is 0 Å². The van der Waals surface area contributed by atoms with Crippen molar-refractivity contribution in [1.82, 2.24) is 14.9 Å².